The van der Waals surface area contributed by atoms with E-state index < -0.39 is 0 Å². The van der Waals surface area contributed by atoms with Gasteiger partial charge in [0.05, 0.1) is 12.3 Å². The van der Waals surface area contributed by atoms with Crippen molar-refractivity contribution in [1.29, 1.82) is 0 Å². The smallest absolute Gasteiger partial charge is 0.223 e. The molecule has 5 rings (SSSR count). The van der Waals surface area contributed by atoms with E-state index in [-0.39, 0.29) is 5.91 Å². The molecule has 31 heavy (non-hydrogen) atoms. The van der Waals surface area contributed by atoms with Gasteiger partial charge < -0.3 is 10.1 Å². The van der Waals surface area contributed by atoms with E-state index in [1.54, 1.807) is 0 Å². The summed E-state index contributed by atoms with van der Waals surface area (Å²) in [6.07, 6.45) is 4.92. The SMILES string of the molecule is CC(=O)Nc1nnc(-c2ccc3c(c2)CCN([C@@H](C)c2cnc4c(c2)OCC4)CC3)s1. The van der Waals surface area contributed by atoms with Crippen LogP contribution in [0.3, 0.4) is 0 Å². The number of hydrogen-bond acceptors (Lipinski definition) is 7. The average Bonchev–Trinajstić information content (AvgIpc) is 3.37. The Morgan fingerprint density at radius 3 is 2.84 bits per heavy atom. The number of fused-ring (bicyclic) bond motifs is 2. The normalized spacial score (nSPS) is 16.7. The van der Waals surface area contributed by atoms with Crippen molar-refractivity contribution >= 4 is 22.4 Å². The van der Waals surface area contributed by atoms with Gasteiger partial charge in [-0.25, -0.2) is 0 Å². The van der Waals surface area contributed by atoms with Crippen LogP contribution in [0.2, 0.25) is 0 Å². The van der Waals surface area contributed by atoms with Crippen LogP contribution < -0.4 is 10.1 Å². The lowest BCUT2D eigenvalue weighted by molar-refractivity contribution is -0.114. The molecule has 1 atom stereocenters. The lowest BCUT2D eigenvalue weighted by Gasteiger charge is -2.27. The van der Waals surface area contributed by atoms with Gasteiger partial charge in [0, 0.05) is 44.2 Å². The number of benzene rings is 1. The van der Waals surface area contributed by atoms with Crippen LogP contribution in [0.5, 0.6) is 5.75 Å². The lowest BCUT2D eigenvalue weighted by Crippen LogP contribution is -2.29. The summed E-state index contributed by atoms with van der Waals surface area (Å²) >= 11 is 1.40. The number of aromatic nitrogens is 3. The van der Waals surface area contributed by atoms with Gasteiger partial charge >= 0.3 is 0 Å². The largest absolute Gasteiger partial charge is 0.491 e. The molecule has 0 radical (unpaired) electrons. The molecule has 0 fully saturated rings. The zero-order chi connectivity index (χ0) is 21.4. The first-order valence-corrected chi connectivity index (χ1v) is 11.5. The van der Waals surface area contributed by atoms with Crippen LogP contribution in [0.25, 0.3) is 10.6 Å². The number of amides is 1. The maximum Gasteiger partial charge on any atom is 0.223 e. The molecule has 7 nitrogen and oxygen atoms in total. The van der Waals surface area contributed by atoms with Crippen molar-refractivity contribution < 1.29 is 9.53 Å². The van der Waals surface area contributed by atoms with Crippen LogP contribution in [0.1, 0.15) is 42.3 Å². The van der Waals surface area contributed by atoms with E-state index in [1.165, 1.54) is 35.0 Å². The van der Waals surface area contributed by atoms with E-state index in [2.05, 4.69) is 56.6 Å². The van der Waals surface area contributed by atoms with Crippen molar-refractivity contribution in [2.75, 3.05) is 25.0 Å². The first kappa shape index (κ1) is 20.1. The molecule has 4 heterocycles. The Bertz CT molecular complexity index is 1130. The van der Waals surface area contributed by atoms with E-state index in [4.69, 9.17) is 4.74 Å². The van der Waals surface area contributed by atoms with Crippen molar-refractivity contribution in [3.8, 4) is 16.3 Å². The van der Waals surface area contributed by atoms with Crippen molar-refractivity contribution in [2.24, 2.45) is 0 Å². The zero-order valence-corrected chi connectivity index (χ0v) is 18.5. The fraction of sp³-hybridized carbons (Fsp3) is 0.391. The monoisotopic (exact) mass is 435 g/mol. The summed E-state index contributed by atoms with van der Waals surface area (Å²) < 4.78 is 5.72. The van der Waals surface area contributed by atoms with E-state index in [0.29, 0.717) is 11.2 Å². The minimum Gasteiger partial charge on any atom is -0.491 e. The van der Waals surface area contributed by atoms with Gasteiger partial charge in [0.25, 0.3) is 0 Å². The second-order valence-electron chi connectivity index (χ2n) is 8.10. The minimum atomic E-state index is -0.135. The molecule has 0 bridgehead atoms. The van der Waals surface area contributed by atoms with Crippen LogP contribution in [-0.2, 0) is 24.1 Å². The molecule has 2 aliphatic heterocycles. The molecule has 160 valence electrons. The van der Waals surface area contributed by atoms with Gasteiger partial charge in [-0.2, -0.15) is 0 Å². The highest BCUT2D eigenvalue weighted by atomic mass is 32.1. The van der Waals surface area contributed by atoms with E-state index in [1.807, 2.05) is 6.20 Å². The van der Waals surface area contributed by atoms with Crippen molar-refractivity contribution in [2.45, 2.75) is 39.2 Å². The fourth-order valence-corrected chi connectivity index (χ4v) is 5.09. The average molecular weight is 436 g/mol. The van der Waals surface area contributed by atoms with Crippen LogP contribution in [0, 0.1) is 0 Å². The molecule has 0 aliphatic carbocycles. The van der Waals surface area contributed by atoms with Crippen molar-refractivity contribution in [3.63, 3.8) is 0 Å². The third-order valence-electron chi connectivity index (χ3n) is 6.08. The van der Waals surface area contributed by atoms with Crippen molar-refractivity contribution in [3.05, 3.63) is 52.8 Å². The Labute approximate surface area is 185 Å². The Kier molecular flexibility index (Phi) is 5.41. The zero-order valence-electron chi connectivity index (χ0n) is 17.7. The standard InChI is InChI=1S/C23H25N5O2S/c1-14(19-12-21-20(24-13-19)7-10-30-21)28-8-5-16-3-4-18(11-17(16)6-9-28)22-26-27-23(31-22)25-15(2)29/h3-4,11-14H,5-10H2,1-2H3,(H,25,27,29)/t14-/m0/s1. The van der Waals surface area contributed by atoms with Crippen LogP contribution in [0.15, 0.2) is 30.5 Å². The molecule has 0 saturated heterocycles. The number of rotatable bonds is 4. The number of anilines is 1. The molecular weight excluding hydrogens is 410 g/mol. The van der Waals surface area contributed by atoms with Gasteiger partial charge in [0.15, 0.2) is 0 Å². The number of nitrogens with one attached hydrogen (secondary N) is 1. The van der Waals surface area contributed by atoms with Crippen molar-refractivity contribution in [1.82, 2.24) is 20.1 Å². The highest BCUT2D eigenvalue weighted by Gasteiger charge is 2.23. The molecule has 1 aromatic carbocycles. The minimum absolute atomic E-state index is 0.135. The third-order valence-corrected chi connectivity index (χ3v) is 6.96. The predicted octanol–water partition coefficient (Wildman–Crippen LogP) is 3.66. The highest BCUT2D eigenvalue weighted by Crippen LogP contribution is 2.32. The number of nitrogens with zero attached hydrogens (tertiary/aromatic N) is 4. The Hall–Kier alpha value is -2.84. The lowest BCUT2D eigenvalue weighted by atomic mass is 10.0. The summed E-state index contributed by atoms with van der Waals surface area (Å²) in [5.41, 5.74) is 6.09. The molecule has 0 unspecified atom stereocenters. The van der Waals surface area contributed by atoms with Gasteiger partial charge in [-0.15, -0.1) is 10.2 Å². The second-order valence-corrected chi connectivity index (χ2v) is 9.08. The molecule has 3 aromatic rings. The molecule has 2 aliphatic rings. The molecule has 0 saturated carbocycles. The second kappa shape index (κ2) is 8.36. The summed E-state index contributed by atoms with van der Waals surface area (Å²) in [6.45, 7) is 6.47. The summed E-state index contributed by atoms with van der Waals surface area (Å²) in [7, 11) is 0. The van der Waals surface area contributed by atoms with Crippen LogP contribution >= 0.6 is 11.3 Å². The molecule has 2 aromatic heterocycles. The van der Waals surface area contributed by atoms with Gasteiger partial charge in [0.1, 0.15) is 10.8 Å². The molecular formula is C23H25N5O2S. The number of ether oxygens (including phenoxy) is 1. The quantitative estimate of drug-likeness (QED) is 0.674. The van der Waals surface area contributed by atoms with Gasteiger partial charge in [-0.1, -0.05) is 23.5 Å². The van der Waals surface area contributed by atoms with E-state index >= 15 is 0 Å². The Morgan fingerprint density at radius 1 is 1.16 bits per heavy atom. The van der Waals surface area contributed by atoms with Gasteiger partial charge in [-0.05, 0) is 48.6 Å². The number of carbonyl (C=O) groups excluding carboxylic acids is 1. The number of pyridine rings is 1. The topological polar surface area (TPSA) is 80.2 Å². The molecule has 1 N–H and O–H groups in total. The highest BCUT2D eigenvalue weighted by molar-refractivity contribution is 7.18. The van der Waals surface area contributed by atoms with Crippen LogP contribution in [0.4, 0.5) is 5.13 Å². The molecule has 8 heteroatoms. The van der Waals surface area contributed by atoms with E-state index in [9.17, 15) is 4.79 Å². The summed E-state index contributed by atoms with van der Waals surface area (Å²) in [6, 6.07) is 9.00. The van der Waals surface area contributed by atoms with E-state index in [0.717, 1.165) is 61.0 Å². The fourth-order valence-electron chi connectivity index (χ4n) is 4.30. The summed E-state index contributed by atoms with van der Waals surface area (Å²) in [4.78, 5) is 18.4. The number of carbonyl (C=O) groups is 1. The molecule has 1 amide bonds. The maximum absolute atomic E-state index is 11.2. The summed E-state index contributed by atoms with van der Waals surface area (Å²) in [5.74, 6) is 0.812. The first-order chi connectivity index (χ1) is 15.1. The predicted molar refractivity (Wildman–Crippen MR) is 120 cm³/mol. The molecule has 0 spiro atoms. The third kappa shape index (κ3) is 4.18. The van der Waals surface area contributed by atoms with Gasteiger partial charge in [-0.3, -0.25) is 14.7 Å². The maximum atomic E-state index is 11.2. The summed E-state index contributed by atoms with van der Waals surface area (Å²) in [5, 5.41) is 12.4. The van der Waals surface area contributed by atoms with Gasteiger partial charge in [0.2, 0.25) is 11.0 Å². The van der Waals surface area contributed by atoms with Crippen LogP contribution in [-0.4, -0.2) is 45.7 Å². The number of hydrogen-bond donors (Lipinski definition) is 1. The Morgan fingerprint density at radius 2 is 2.00 bits per heavy atom. The first-order valence-electron chi connectivity index (χ1n) is 10.7. The Balaban J connectivity index is 1.31.